The van der Waals surface area contributed by atoms with E-state index in [1.165, 1.54) is 11.0 Å². The summed E-state index contributed by atoms with van der Waals surface area (Å²) in [5, 5.41) is 0.635. The second-order valence-corrected chi connectivity index (χ2v) is 6.28. The van der Waals surface area contributed by atoms with E-state index < -0.39 is 23.1 Å². The van der Waals surface area contributed by atoms with Crippen LogP contribution in [0.4, 0.5) is 14.5 Å². The first kappa shape index (κ1) is 17.7. The molecule has 1 fully saturated rings. The van der Waals surface area contributed by atoms with Gasteiger partial charge in [-0.2, -0.15) is 0 Å². The molecule has 25 heavy (non-hydrogen) atoms. The standard InChI is InChI=1S/C18H11Cl2F2NO2/c1-2-18(11-3-5-13(19)14(20)7-11)10-23(17(24)9-25-18)12-4-6-15(21)16(22)8-12/h1,3-8H,9-10H2. The molecular weight excluding hydrogens is 371 g/mol. The number of morpholine rings is 1. The molecule has 1 aliphatic heterocycles. The highest BCUT2D eigenvalue weighted by Gasteiger charge is 2.41. The Morgan fingerprint density at radius 3 is 2.52 bits per heavy atom. The van der Waals surface area contributed by atoms with E-state index in [1.807, 2.05) is 0 Å². The van der Waals surface area contributed by atoms with Crippen LogP contribution in [0.2, 0.25) is 10.0 Å². The summed E-state index contributed by atoms with van der Waals surface area (Å²) in [4.78, 5) is 13.5. The predicted molar refractivity (Wildman–Crippen MR) is 91.6 cm³/mol. The molecule has 128 valence electrons. The van der Waals surface area contributed by atoms with Crippen molar-refractivity contribution in [1.82, 2.24) is 0 Å². The molecule has 2 aromatic carbocycles. The molecule has 1 atom stereocenters. The molecule has 0 aliphatic carbocycles. The molecule has 1 amide bonds. The smallest absolute Gasteiger partial charge is 0.253 e. The summed E-state index contributed by atoms with van der Waals surface area (Å²) in [6.45, 7) is -0.394. The van der Waals surface area contributed by atoms with Gasteiger partial charge in [-0.1, -0.05) is 35.2 Å². The topological polar surface area (TPSA) is 29.5 Å². The van der Waals surface area contributed by atoms with Crippen molar-refractivity contribution >= 4 is 34.8 Å². The lowest BCUT2D eigenvalue weighted by atomic mass is 9.92. The molecule has 0 radical (unpaired) electrons. The van der Waals surface area contributed by atoms with Crippen molar-refractivity contribution in [3.63, 3.8) is 0 Å². The summed E-state index contributed by atoms with van der Waals surface area (Å²) in [6, 6.07) is 7.97. The maximum atomic E-state index is 13.5. The fourth-order valence-electron chi connectivity index (χ4n) is 2.60. The van der Waals surface area contributed by atoms with E-state index in [1.54, 1.807) is 18.2 Å². The Kier molecular flexibility index (Phi) is 4.70. The number of halogens is 4. The monoisotopic (exact) mass is 381 g/mol. The summed E-state index contributed by atoms with van der Waals surface area (Å²) < 4.78 is 32.3. The average molecular weight is 382 g/mol. The van der Waals surface area contributed by atoms with Gasteiger partial charge < -0.3 is 9.64 Å². The Hall–Kier alpha value is -2.13. The predicted octanol–water partition coefficient (Wildman–Crippen LogP) is 4.16. The first-order chi connectivity index (χ1) is 11.9. The van der Waals surface area contributed by atoms with Gasteiger partial charge in [0.2, 0.25) is 0 Å². The van der Waals surface area contributed by atoms with Gasteiger partial charge in [0.15, 0.2) is 17.2 Å². The highest BCUT2D eigenvalue weighted by Crippen LogP contribution is 2.35. The van der Waals surface area contributed by atoms with Crippen molar-refractivity contribution < 1.29 is 18.3 Å². The maximum Gasteiger partial charge on any atom is 0.253 e. The number of nitrogens with zero attached hydrogens (tertiary/aromatic N) is 1. The molecule has 0 saturated carbocycles. The van der Waals surface area contributed by atoms with Crippen LogP contribution in [0.3, 0.4) is 0 Å². The Labute approximate surface area is 153 Å². The quantitative estimate of drug-likeness (QED) is 0.730. The minimum absolute atomic E-state index is 0.0780. The van der Waals surface area contributed by atoms with Crippen LogP contribution in [0.1, 0.15) is 5.56 Å². The molecule has 1 heterocycles. The van der Waals surface area contributed by atoms with Crippen LogP contribution < -0.4 is 4.90 Å². The SMILES string of the molecule is C#CC1(c2ccc(Cl)c(Cl)c2)CN(c2ccc(F)c(F)c2)C(=O)CO1. The molecule has 1 aliphatic rings. The molecule has 0 aromatic heterocycles. The molecule has 0 spiro atoms. The third kappa shape index (κ3) is 3.21. The van der Waals surface area contributed by atoms with Crippen LogP contribution in [0, 0.1) is 24.0 Å². The lowest BCUT2D eigenvalue weighted by Gasteiger charge is -2.39. The number of amides is 1. The number of hydrogen-bond acceptors (Lipinski definition) is 2. The summed E-state index contributed by atoms with van der Waals surface area (Å²) >= 11 is 12.0. The number of rotatable bonds is 2. The van der Waals surface area contributed by atoms with Crippen molar-refractivity contribution in [2.45, 2.75) is 5.60 Å². The minimum Gasteiger partial charge on any atom is -0.346 e. The second-order valence-electron chi connectivity index (χ2n) is 5.47. The molecule has 3 nitrogen and oxygen atoms in total. The van der Waals surface area contributed by atoms with Crippen molar-refractivity contribution in [2.75, 3.05) is 18.1 Å². The number of hydrogen-bond donors (Lipinski definition) is 0. The largest absolute Gasteiger partial charge is 0.346 e. The van der Waals surface area contributed by atoms with Gasteiger partial charge in [-0.05, 0) is 29.8 Å². The van der Waals surface area contributed by atoms with Gasteiger partial charge in [0.25, 0.3) is 5.91 Å². The highest BCUT2D eigenvalue weighted by molar-refractivity contribution is 6.42. The molecule has 1 unspecified atom stereocenters. The van der Waals surface area contributed by atoms with E-state index in [4.69, 9.17) is 34.4 Å². The van der Waals surface area contributed by atoms with Gasteiger partial charge >= 0.3 is 0 Å². The first-order valence-electron chi connectivity index (χ1n) is 7.19. The Morgan fingerprint density at radius 2 is 1.88 bits per heavy atom. The number of ether oxygens (including phenoxy) is 1. The van der Waals surface area contributed by atoms with Crippen LogP contribution in [0.15, 0.2) is 36.4 Å². The van der Waals surface area contributed by atoms with Crippen LogP contribution in [0.25, 0.3) is 0 Å². The Balaban J connectivity index is 2.02. The van der Waals surface area contributed by atoms with Crippen molar-refractivity contribution in [3.8, 4) is 12.3 Å². The van der Waals surface area contributed by atoms with E-state index in [9.17, 15) is 13.6 Å². The highest BCUT2D eigenvalue weighted by atomic mass is 35.5. The summed E-state index contributed by atoms with van der Waals surface area (Å²) in [5.74, 6) is 0.0612. The number of terminal acetylenes is 1. The van der Waals surface area contributed by atoms with E-state index >= 15 is 0 Å². The fourth-order valence-corrected chi connectivity index (χ4v) is 2.90. The lowest BCUT2D eigenvalue weighted by molar-refractivity contribution is -0.134. The van der Waals surface area contributed by atoms with Crippen molar-refractivity contribution in [1.29, 1.82) is 0 Å². The number of carbonyl (C=O) groups excluding carboxylic acids is 1. The lowest BCUT2D eigenvalue weighted by Crippen LogP contribution is -2.52. The normalized spacial score (nSPS) is 20.4. The molecular formula is C18H11Cl2F2NO2. The van der Waals surface area contributed by atoms with E-state index in [0.29, 0.717) is 10.6 Å². The molecule has 3 rings (SSSR count). The van der Waals surface area contributed by atoms with E-state index in [-0.39, 0.29) is 23.9 Å². The first-order valence-corrected chi connectivity index (χ1v) is 7.94. The van der Waals surface area contributed by atoms with Gasteiger partial charge in [-0.25, -0.2) is 8.78 Å². The van der Waals surface area contributed by atoms with Crippen LogP contribution >= 0.6 is 23.2 Å². The van der Waals surface area contributed by atoms with Crippen LogP contribution in [0.5, 0.6) is 0 Å². The maximum absolute atomic E-state index is 13.5. The van der Waals surface area contributed by atoms with Gasteiger partial charge in [0.05, 0.1) is 16.6 Å². The summed E-state index contributed by atoms with van der Waals surface area (Å²) in [5.41, 5.74) is -0.566. The molecule has 2 aromatic rings. The minimum atomic E-state index is -1.28. The Bertz CT molecular complexity index is 897. The summed E-state index contributed by atoms with van der Waals surface area (Å²) in [7, 11) is 0. The van der Waals surface area contributed by atoms with Crippen molar-refractivity contribution in [3.05, 3.63) is 63.6 Å². The van der Waals surface area contributed by atoms with Crippen LogP contribution in [-0.2, 0) is 15.1 Å². The zero-order valence-electron chi connectivity index (χ0n) is 12.7. The van der Waals surface area contributed by atoms with Gasteiger partial charge in [0, 0.05) is 11.8 Å². The summed E-state index contributed by atoms with van der Waals surface area (Å²) in [6.07, 6.45) is 5.68. The zero-order chi connectivity index (χ0) is 18.2. The average Bonchev–Trinajstić information content (AvgIpc) is 2.61. The van der Waals surface area contributed by atoms with Crippen LogP contribution in [-0.4, -0.2) is 19.1 Å². The number of benzene rings is 2. The van der Waals surface area contributed by atoms with E-state index in [2.05, 4.69) is 5.92 Å². The number of anilines is 1. The van der Waals surface area contributed by atoms with Gasteiger partial charge in [-0.3, -0.25) is 4.79 Å². The fraction of sp³-hybridized carbons (Fsp3) is 0.167. The molecule has 0 bridgehead atoms. The van der Waals surface area contributed by atoms with E-state index in [0.717, 1.165) is 12.1 Å². The van der Waals surface area contributed by atoms with Gasteiger partial charge in [-0.15, -0.1) is 6.42 Å². The number of carbonyl (C=O) groups is 1. The van der Waals surface area contributed by atoms with Crippen molar-refractivity contribution in [2.24, 2.45) is 0 Å². The third-order valence-electron chi connectivity index (χ3n) is 3.96. The molecule has 1 saturated heterocycles. The second kappa shape index (κ2) is 6.64. The molecule has 0 N–H and O–H groups in total. The third-order valence-corrected chi connectivity index (χ3v) is 4.70. The molecule has 7 heteroatoms. The van der Waals surface area contributed by atoms with Gasteiger partial charge in [0.1, 0.15) is 6.61 Å². The zero-order valence-corrected chi connectivity index (χ0v) is 14.2. The Morgan fingerprint density at radius 1 is 1.12 bits per heavy atom.